The van der Waals surface area contributed by atoms with E-state index in [4.69, 9.17) is 9.47 Å². The average Bonchev–Trinajstić information content (AvgIpc) is 2.77. The molecule has 0 aliphatic heterocycles. The van der Waals surface area contributed by atoms with Crippen molar-refractivity contribution in [2.75, 3.05) is 6.61 Å². The van der Waals surface area contributed by atoms with Crippen LogP contribution in [0.15, 0.2) is 12.7 Å². The second kappa shape index (κ2) is 6.42. The van der Waals surface area contributed by atoms with Gasteiger partial charge in [0.15, 0.2) is 6.61 Å². The van der Waals surface area contributed by atoms with Crippen LogP contribution in [0.3, 0.4) is 0 Å². The lowest BCUT2D eigenvalue weighted by molar-refractivity contribution is -0.172. The number of hydrogen-bond acceptors (Lipinski definition) is 4. The summed E-state index contributed by atoms with van der Waals surface area (Å²) in [6.07, 6.45) is 5.19. The molecule has 0 aromatic carbocycles. The largest absolute Gasteiger partial charge is 0.453 e. The summed E-state index contributed by atoms with van der Waals surface area (Å²) in [7, 11) is 0. The van der Waals surface area contributed by atoms with E-state index >= 15 is 0 Å². The van der Waals surface area contributed by atoms with Gasteiger partial charge in [-0.05, 0) is 51.5 Å². The minimum atomic E-state index is -0.593. The van der Waals surface area contributed by atoms with Crippen LogP contribution in [-0.4, -0.2) is 24.1 Å². The molecule has 1 aliphatic carbocycles. The third kappa shape index (κ3) is 3.62. The Hall–Kier alpha value is -1.32. The summed E-state index contributed by atoms with van der Waals surface area (Å²) in [6, 6.07) is 0. The second-order valence-electron chi connectivity index (χ2n) is 6.24. The van der Waals surface area contributed by atoms with Gasteiger partial charge in [0.1, 0.15) is 5.60 Å². The highest BCUT2D eigenvalue weighted by Gasteiger charge is 2.41. The van der Waals surface area contributed by atoms with E-state index < -0.39 is 17.0 Å². The van der Waals surface area contributed by atoms with Crippen molar-refractivity contribution in [2.45, 2.75) is 59.0 Å². The van der Waals surface area contributed by atoms with Crippen LogP contribution >= 0.6 is 0 Å². The smallest absolute Gasteiger partial charge is 0.345 e. The summed E-state index contributed by atoms with van der Waals surface area (Å²) in [5.74, 6) is -0.616. The molecule has 0 amide bonds. The van der Waals surface area contributed by atoms with E-state index in [0.717, 1.165) is 19.3 Å². The molecule has 2 unspecified atom stereocenters. The van der Waals surface area contributed by atoms with Gasteiger partial charge in [-0.2, -0.15) is 0 Å². The third-order valence-corrected chi connectivity index (χ3v) is 4.45. The van der Waals surface area contributed by atoms with Gasteiger partial charge in [-0.3, -0.25) is 4.79 Å². The second-order valence-corrected chi connectivity index (χ2v) is 6.24. The standard InChI is InChI=1S/C16H26O4/c1-6-15(4,5)14(18)19-11-13(17)20-16(7-2)10-8-9-12(16)3/h7,12H,2,6,8-11H2,1,3-5H3. The number of hydrogen-bond donors (Lipinski definition) is 0. The lowest BCUT2D eigenvalue weighted by Crippen LogP contribution is -2.37. The number of rotatable bonds is 6. The number of carbonyl (C=O) groups excluding carboxylic acids is 2. The van der Waals surface area contributed by atoms with Crippen LogP contribution in [0.4, 0.5) is 0 Å². The van der Waals surface area contributed by atoms with E-state index in [1.165, 1.54) is 0 Å². The molecule has 0 spiro atoms. The van der Waals surface area contributed by atoms with Crippen LogP contribution in [0.25, 0.3) is 0 Å². The maximum Gasteiger partial charge on any atom is 0.345 e. The minimum Gasteiger partial charge on any atom is -0.453 e. The fourth-order valence-electron chi connectivity index (χ4n) is 2.38. The Balaban J connectivity index is 2.52. The van der Waals surface area contributed by atoms with Gasteiger partial charge in [0, 0.05) is 0 Å². The molecule has 4 nitrogen and oxygen atoms in total. The molecule has 0 saturated heterocycles. The van der Waals surface area contributed by atoms with Crippen LogP contribution in [0.5, 0.6) is 0 Å². The normalized spacial score (nSPS) is 26.1. The van der Waals surface area contributed by atoms with Crippen molar-refractivity contribution in [1.29, 1.82) is 0 Å². The number of ether oxygens (including phenoxy) is 2. The molecular formula is C16H26O4. The van der Waals surface area contributed by atoms with Crippen molar-refractivity contribution < 1.29 is 19.1 Å². The SMILES string of the molecule is C=CC1(OC(=O)COC(=O)C(C)(C)CC)CCCC1C. The van der Waals surface area contributed by atoms with Crippen LogP contribution < -0.4 is 0 Å². The fraction of sp³-hybridized carbons (Fsp3) is 0.750. The zero-order valence-electron chi connectivity index (χ0n) is 13.0. The van der Waals surface area contributed by atoms with Gasteiger partial charge < -0.3 is 9.47 Å². The molecule has 2 atom stereocenters. The zero-order valence-corrected chi connectivity index (χ0v) is 13.0. The quantitative estimate of drug-likeness (QED) is 0.554. The monoisotopic (exact) mass is 282 g/mol. The van der Waals surface area contributed by atoms with Gasteiger partial charge >= 0.3 is 11.9 Å². The highest BCUT2D eigenvalue weighted by Crippen LogP contribution is 2.39. The maximum absolute atomic E-state index is 11.9. The maximum atomic E-state index is 11.9. The van der Waals surface area contributed by atoms with Gasteiger partial charge in [0.25, 0.3) is 0 Å². The molecule has 4 heteroatoms. The first-order valence-electron chi connectivity index (χ1n) is 7.30. The lowest BCUT2D eigenvalue weighted by atomic mass is 9.91. The molecule has 0 aromatic heterocycles. The van der Waals surface area contributed by atoms with E-state index in [0.29, 0.717) is 6.42 Å². The number of carbonyl (C=O) groups is 2. The topological polar surface area (TPSA) is 52.6 Å². The summed E-state index contributed by atoms with van der Waals surface area (Å²) >= 11 is 0. The predicted octanol–water partition coefficient (Wildman–Crippen LogP) is 3.25. The van der Waals surface area contributed by atoms with Gasteiger partial charge in [0.05, 0.1) is 5.41 Å². The van der Waals surface area contributed by atoms with Gasteiger partial charge in [-0.15, -0.1) is 0 Å². The van der Waals surface area contributed by atoms with E-state index in [9.17, 15) is 9.59 Å². The first kappa shape index (κ1) is 16.7. The first-order valence-corrected chi connectivity index (χ1v) is 7.30. The summed E-state index contributed by atoms with van der Waals surface area (Å²) < 4.78 is 10.6. The Morgan fingerprint density at radius 2 is 2.10 bits per heavy atom. The van der Waals surface area contributed by atoms with Gasteiger partial charge in [0.2, 0.25) is 0 Å². The molecule has 0 aromatic rings. The van der Waals surface area contributed by atoms with E-state index in [1.54, 1.807) is 19.9 Å². The highest BCUT2D eigenvalue weighted by molar-refractivity contribution is 5.80. The lowest BCUT2D eigenvalue weighted by Gasteiger charge is -2.30. The van der Waals surface area contributed by atoms with Crippen LogP contribution in [0.1, 0.15) is 53.4 Å². The number of esters is 2. The van der Waals surface area contributed by atoms with Crippen LogP contribution in [0.2, 0.25) is 0 Å². The van der Waals surface area contributed by atoms with E-state index in [-0.39, 0.29) is 18.5 Å². The molecule has 1 aliphatic rings. The average molecular weight is 282 g/mol. The Morgan fingerprint density at radius 3 is 2.55 bits per heavy atom. The molecule has 0 N–H and O–H groups in total. The Labute approximate surface area is 121 Å². The molecule has 0 heterocycles. The van der Waals surface area contributed by atoms with Gasteiger partial charge in [-0.25, -0.2) is 4.79 Å². The van der Waals surface area contributed by atoms with E-state index in [2.05, 4.69) is 6.58 Å². The van der Waals surface area contributed by atoms with Crippen molar-refractivity contribution >= 4 is 11.9 Å². The Kier molecular flexibility index (Phi) is 5.37. The van der Waals surface area contributed by atoms with Crippen molar-refractivity contribution in [2.24, 2.45) is 11.3 Å². The fourth-order valence-corrected chi connectivity index (χ4v) is 2.38. The Morgan fingerprint density at radius 1 is 1.45 bits per heavy atom. The molecule has 114 valence electrons. The predicted molar refractivity (Wildman–Crippen MR) is 77.1 cm³/mol. The molecule has 20 heavy (non-hydrogen) atoms. The van der Waals surface area contributed by atoms with Crippen molar-refractivity contribution in [3.8, 4) is 0 Å². The summed E-state index contributed by atoms with van der Waals surface area (Å²) in [4.78, 5) is 23.7. The highest BCUT2D eigenvalue weighted by atomic mass is 16.6. The third-order valence-electron chi connectivity index (χ3n) is 4.45. The molecule has 0 radical (unpaired) electrons. The van der Waals surface area contributed by atoms with Crippen molar-refractivity contribution in [3.05, 3.63) is 12.7 Å². The van der Waals surface area contributed by atoms with Gasteiger partial charge in [-0.1, -0.05) is 20.4 Å². The zero-order chi connectivity index (χ0) is 15.4. The first-order chi connectivity index (χ1) is 9.27. The summed E-state index contributed by atoms with van der Waals surface area (Å²) in [5.41, 5.74) is -1.17. The van der Waals surface area contributed by atoms with Crippen LogP contribution in [0, 0.1) is 11.3 Å². The molecular weight excluding hydrogens is 256 g/mol. The van der Waals surface area contributed by atoms with Crippen molar-refractivity contribution in [3.63, 3.8) is 0 Å². The molecule has 1 saturated carbocycles. The molecule has 1 fully saturated rings. The molecule has 0 bridgehead atoms. The summed E-state index contributed by atoms with van der Waals surface area (Å²) in [6.45, 7) is 11.0. The summed E-state index contributed by atoms with van der Waals surface area (Å²) in [5, 5.41) is 0. The van der Waals surface area contributed by atoms with Crippen molar-refractivity contribution in [1.82, 2.24) is 0 Å². The molecule has 1 rings (SSSR count). The minimum absolute atomic E-state index is 0.256. The van der Waals surface area contributed by atoms with Crippen LogP contribution in [-0.2, 0) is 19.1 Å². The Bertz CT molecular complexity index is 386. The van der Waals surface area contributed by atoms with E-state index in [1.807, 2.05) is 13.8 Å².